The molecule has 1 aromatic carbocycles. The number of carbonyl (C=O) groups is 1. The van der Waals surface area contributed by atoms with Crippen LogP contribution in [0.1, 0.15) is 5.82 Å². The molecule has 0 fully saturated rings. The SMILES string of the molecule is O=C(O)Cc1nccc(-c2cc(Cl)ccc2F)n1. The largest absolute Gasteiger partial charge is 0.481 e. The van der Waals surface area contributed by atoms with Crippen LogP contribution in [0.5, 0.6) is 0 Å². The minimum absolute atomic E-state index is 0.124. The molecule has 0 unspecified atom stereocenters. The molecular weight excluding hydrogens is 259 g/mol. The lowest BCUT2D eigenvalue weighted by Crippen LogP contribution is -2.05. The Bertz CT molecular complexity index is 604. The van der Waals surface area contributed by atoms with Crippen molar-refractivity contribution in [3.05, 3.63) is 47.1 Å². The summed E-state index contributed by atoms with van der Waals surface area (Å²) in [5.74, 6) is -1.39. The van der Waals surface area contributed by atoms with E-state index in [1.54, 1.807) is 0 Å². The zero-order valence-corrected chi connectivity index (χ0v) is 9.86. The zero-order chi connectivity index (χ0) is 13.1. The van der Waals surface area contributed by atoms with Gasteiger partial charge in [-0.3, -0.25) is 4.79 Å². The average molecular weight is 267 g/mol. The van der Waals surface area contributed by atoms with Crippen LogP contribution in [0.2, 0.25) is 5.02 Å². The molecule has 2 aromatic rings. The summed E-state index contributed by atoms with van der Waals surface area (Å²) in [6.07, 6.45) is 1.08. The number of benzene rings is 1. The Morgan fingerprint density at radius 1 is 1.39 bits per heavy atom. The summed E-state index contributed by atoms with van der Waals surface area (Å²) in [6, 6.07) is 5.60. The Labute approximate surface area is 107 Å². The Morgan fingerprint density at radius 2 is 2.17 bits per heavy atom. The van der Waals surface area contributed by atoms with E-state index in [0.717, 1.165) is 0 Å². The van der Waals surface area contributed by atoms with Crippen molar-refractivity contribution in [2.45, 2.75) is 6.42 Å². The topological polar surface area (TPSA) is 63.1 Å². The molecule has 18 heavy (non-hydrogen) atoms. The molecule has 1 N–H and O–H groups in total. The third kappa shape index (κ3) is 2.81. The first-order valence-electron chi connectivity index (χ1n) is 5.05. The highest BCUT2D eigenvalue weighted by Crippen LogP contribution is 2.24. The van der Waals surface area contributed by atoms with E-state index in [-0.39, 0.29) is 17.8 Å². The maximum absolute atomic E-state index is 13.6. The lowest BCUT2D eigenvalue weighted by Gasteiger charge is -2.04. The minimum Gasteiger partial charge on any atom is -0.481 e. The second kappa shape index (κ2) is 5.10. The summed E-state index contributed by atoms with van der Waals surface area (Å²) in [5.41, 5.74) is 0.526. The molecule has 0 aliphatic heterocycles. The fourth-order valence-corrected chi connectivity index (χ4v) is 1.64. The van der Waals surface area contributed by atoms with Gasteiger partial charge in [-0.1, -0.05) is 11.6 Å². The monoisotopic (exact) mass is 266 g/mol. The van der Waals surface area contributed by atoms with Gasteiger partial charge in [0.25, 0.3) is 0 Å². The van der Waals surface area contributed by atoms with Crippen molar-refractivity contribution in [1.29, 1.82) is 0 Å². The Kier molecular flexibility index (Phi) is 3.53. The van der Waals surface area contributed by atoms with E-state index in [9.17, 15) is 9.18 Å². The van der Waals surface area contributed by atoms with Crippen LogP contribution in [0.25, 0.3) is 11.3 Å². The first-order valence-corrected chi connectivity index (χ1v) is 5.43. The van der Waals surface area contributed by atoms with Crippen molar-refractivity contribution in [3.8, 4) is 11.3 Å². The number of hydrogen-bond donors (Lipinski definition) is 1. The Morgan fingerprint density at radius 3 is 2.89 bits per heavy atom. The van der Waals surface area contributed by atoms with Gasteiger partial charge in [-0.25, -0.2) is 14.4 Å². The maximum atomic E-state index is 13.6. The lowest BCUT2D eigenvalue weighted by atomic mass is 10.1. The van der Waals surface area contributed by atoms with Crippen molar-refractivity contribution in [2.75, 3.05) is 0 Å². The summed E-state index contributed by atoms with van der Waals surface area (Å²) >= 11 is 5.79. The molecule has 0 amide bonds. The van der Waals surface area contributed by atoms with Gasteiger partial charge in [0.1, 0.15) is 18.1 Å². The third-order valence-corrected chi connectivity index (χ3v) is 2.45. The molecule has 1 aromatic heterocycles. The molecule has 0 aliphatic rings. The van der Waals surface area contributed by atoms with Crippen LogP contribution < -0.4 is 0 Å². The van der Waals surface area contributed by atoms with Gasteiger partial charge in [0.2, 0.25) is 0 Å². The maximum Gasteiger partial charge on any atom is 0.311 e. The quantitative estimate of drug-likeness (QED) is 0.927. The van der Waals surface area contributed by atoms with Gasteiger partial charge in [-0.2, -0.15) is 0 Å². The van der Waals surface area contributed by atoms with Crippen molar-refractivity contribution in [1.82, 2.24) is 9.97 Å². The molecule has 4 nitrogen and oxygen atoms in total. The van der Waals surface area contributed by atoms with Crippen molar-refractivity contribution < 1.29 is 14.3 Å². The van der Waals surface area contributed by atoms with Crippen LogP contribution in [-0.4, -0.2) is 21.0 Å². The van der Waals surface area contributed by atoms with Gasteiger partial charge in [0.05, 0.1) is 5.69 Å². The number of halogens is 2. The fourth-order valence-electron chi connectivity index (χ4n) is 1.46. The van der Waals surface area contributed by atoms with Crippen LogP contribution in [0, 0.1) is 5.82 Å². The second-order valence-corrected chi connectivity index (χ2v) is 3.99. The molecule has 0 aliphatic carbocycles. The molecule has 6 heteroatoms. The molecule has 1 heterocycles. The van der Waals surface area contributed by atoms with Gasteiger partial charge in [0.15, 0.2) is 0 Å². The normalized spacial score (nSPS) is 10.3. The lowest BCUT2D eigenvalue weighted by molar-refractivity contribution is -0.136. The zero-order valence-electron chi connectivity index (χ0n) is 9.10. The van der Waals surface area contributed by atoms with E-state index in [1.165, 1.54) is 30.5 Å². The van der Waals surface area contributed by atoms with Gasteiger partial charge in [-0.15, -0.1) is 0 Å². The Hall–Kier alpha value is -2.01. The highest BCUT2D eigenvalue weighted by molar-refractivity contribution is 6.30. The average Bonchev–Trinajstić information content (AvgIpc) is 2.32. The summed E-state index contributed by atoms with van der Waals surface area (Å²) in [4.78, 5) is 18.4. The Balaban J connectivity index is 2.44. The summed E-state index contributed by atoms with van der Waals surface area (Å²) in [6.45, 7) is 0. The molecule has 0 spiro atoms. The molecule has 0 saturated heterocycles. The van der Waals surface area contributed by atoms with Crippen molar-refractivity contribution in [2.24, 2.45) is 0 Å². The number of aromatic nitrogens is 2. The van der Waals surface area contributed by atoms with E-state index in [4.69, 9.17) is 16.7 Å². The van der Waals surface area contributed by atoms with E-state index in [0.29, 0.717) is 10.7 Å². The third-order valence-electron chi connectivity index (χ3n) is 2.22. The van der Waals surface area contributed by atoms with E-state index < -0.39 is 11.8 Å². The predicted octanol–water partition coefficient (Wildman–Crippen LogP) is 2.56. The van der Waals surface area contributed by atoms with Crippen LogP contribution in [0.15, 0.2) is 30.5 Å². The van der Waals surface area contributed by atoms with Crippen LogP contribution in [0.4, 0.5) is 4.39 Å². The van der Waals surface area contributed by atoms with E-state index in [1.807, 2.05) is 0 Å². The van der Waals surface area contributed by atoms with E-state index >= 15 is 0 Å². The van der Waals surface area contributed by atoms with Gasteiger partial charge < -0.3 is 5.11 Å². The number of rotatable bonds is 3. The predicted molar refractivity (Wildman–Crippen MR) is 63.8 cm³/mol. The molecule has 0 atom stereocenters. The molecular formula is C12H8ClFN2O2. The molecule has 2 rings (SSSR count). The van der Waals surface area contributed by atoms with Gasteiger partial charge in [-0.05, 0) is 24.3 Å². The number of hydrogen-bond acceptors (Lipinski definition) is 3. The van der Waals surface area contributed by atoms with Crippen molar-refractivity contribution >= 4 is 17.6 Å². The van der Waals surface area contributed by atoms with Crippen LogP contribution in [0.3, 0.4) is 0 Å². The molecule has 0 bridgehead atoms. The standard InChI is InChI=1S/C12H8ClFN2O2/c13-7-1-2-9(14)8(5-7)10-3-4-15-11(16-10)6-12(17)18/h1-5H,6H2,(H,17,18). The van der Waals surface area contributed by atoms with Crippen LogP contribution in [-0.2, 0) is 11.2 Å². The van der Waals surface area contributed by atoms with Crippen LogP contribution >= 0.6 is 11.6 Å². The number of carboxylic acid groups (broad SMARTS) is 1. The van der Waals surface area contributed by atoms with E-state index in [2.05, 4.69) is 9.97 Å². The highest BCUT2D eigenvalue weighted by atomic mass is 35.5. The second-order valence-electron chi connectivity index (χ2n) is 3.55. The summed E-state index contributed by atoms with van der Waals surface area (Å²) < 4.78 is 13.6. The number of aliphatic carboxylic acids is 1. The van der Waals surface area contributed by atoms with Gasteiger partial charge in [0, 0.05) is 16.8 Å². The van der Waals surface area contributed by atoms with Crippen molar-refractivity contribution in [3.63, 3.8) is 0 Å². The van der Waals surface area contributed by atoms with Gasteiger partial charge >= 0.3 is 5.97 Å². The summed E-state index contributed by atoms with van der Waals surface area (Å²) in [5, 5.41) is 9.03. The first kappa shape index (κ1) is 12.4. The summed E-state index contributed by atoms with van der Waals surface area (Å²) in [7, 11) is 0. The minimum atomic E-state index is -1.04. The smallest absolute Gasteiger partial charge is 0.311 e. The number of nitrogens with zero attached hydrogens (tertiary/aromatic N) is 2. The fraction of sp³-hybridized carbons (Fsp3) is 0.0833. The first-order chi connectivity index (χ1) is 8.56. The molecule has 0 saturated carbocycles. The molecule has 0 radical (unpaired) electrons. The number of carboxylic acids is 1. The molecule has 92 valence electrons. The highest BCUT2D eigenvalue weighted by Gasteiger charge is 2.10.